The van der Waals surface area contributed by atoms with E-state index in [1.165, 1.54) is 25.7 Å². The van der Waals surface area contributed by atoms with Crippen LogP contribution >= 0.6 is 0 Å². The molecule has 0 aromatic carbocycles. The van der Waals surface area contributed by atoms with Crippen LogP contribution in [-0.4, -0.2) is 12.1 Å². The Balaban J connectivity index is 3.86. The van der Waals surface area contributed by atoms with Crippen LogP contribution < -0.4 is 11.5 Å². The molecule has 0 bridgehead atoms. The maximum Gasteiger partial charge on any atom is 0.0324 e. The zero-order valence-corrected chi connectivity index (χ0v) is 11.3. The zero-order chi connectivity index (χ0) is 12.3. The van der Waals surface area contributed by atoms with Gasteiger partial charge in [0.05, 0.1) is 0 Å². The van der Waals surface area contributed by atoms with Crippen LogP contribution in [0.4, 0.5) is 0 Å². The van der Waals surface area contributed by atoms with Crippen molar-refractivity contribution in [2.45, 2.75) is 83.6 Å². The highest BCUT2D eigenvalue weighted by atomic mass is 14.7. The first-order chi connectivity index (χ1) is 7.68. The Morgan fingerprint density at radius 3 is 1.69 bits per heavy atom. The number of rotatable bonds is 11. The second kappa shape index (κ2) is 10.1. The fourth-order valence-electron chi connectivity index (χ4n) is 2.17. The summed E-state index contributed by atoms with van der Waals surface area (Å²) >= 11 is 0. The molecule has 0 heterocycles. The van der Waals surface area contributed by atoms with E-state index in [9.17, 15) is 0 Å². The Bertz CT molecular complexity index is 138. The summed E-state index contributed by atoms with van der Waals surface area (Å²) in [5.74, 6) is 0. The smallest absolute Gasteiger partial charge is 0.0324 e. The van der Waals surface area contributed by atoms with Crippen molar-refractivity contribution in [1.82, 2.24) is 11.5 Å². The van der Waals surface area contributed by atoms with Crippen LogP contribution in [0.1, 0.15) is 78.1 Å². The highest BCUT2D eigenvalue weighted by Crippen LogP contribution is 2.26. The van der Waals surface area contributed by atoms with Crippen LogP contribution in [0.2, 0.25) is 0 Å². The van der Waals surface area contributed by atoms with E-state index in [1.54, 1.807) is 0 Å². The summed E-state index contributed by atoms with van der Waals surface area (Å²) in [6, 6.07) is 0. The molecule has 2 radical (unpaired) electrons. The summed E-state index contributed by atoms with van der Waals surface area (Å²) in [4.78, 5) is 0. The van der Waals surface area contributed by atoms with Gasteiger partial charge in [0.25, 0.3) is 0 Å². The molecule has 0 aliphatic carbocycles. The molecule has 2 nitrogen and oxygen atoms in total. The molecule has 0 atom stereocenters. The first kappa shape index (κ1) is 15.9. The van der Waals surface area contributed by atoms with Crippen LogP contribution in [0.5, 0.6) is 0 Å². The third-order valence-corrected chi connectivity index (χ3v) is 3.35. The highest BCUT2D eigenvalue weighted by molar-refractivity contribution is 4.82. The van der Waals surface area contributed by atoms with E-state index < -0.39 is 0 Å². The molecule has 0 aromatic rings. The topological polar surface area (TPSA) is 47.6 Å². The Morgan fingerprint density at radius 1 is 0.750 bits per heavy atom. The lowest BCUT2D eigenvalue weighted by Crippen LogP contribution is -2.30. The van der Waals surface area contributed by atoms with Gasteiger partial charge >= 0.3 is 0 Å². The lowest BCUT2D eigenvalue weighted by Gasteiger charge is -2.28. The lowest BCUT2D eigenvalue weighted by atomic mass is 9.83. The van der Waals surface area contributed by atoms with Gasteiger partial charge in [-0.2, -0.15) is 0 Å². The average molecular weight is 226 g/mol. The number of nitrogens with one attached hydrogen (secondary N) is 2. The Kier molecular flexibility index (Phi) is 10.0. The number of unbranched alkanes of at least 4 members (excludes halogenated alkanes) is 4. The summed E-state index contributed by atoms with van der Waals surface area (Å²) < 4.78 is 0. The summed E-state index contributed by atoms with van der Waals surface area (Å²) in [6.07, 6.45) is 11.3. The van der Waals surface area contributed by atoms with Gasteiger partial charge in [0.15, 0.2) is 0 Å². The van der Waals surface area contributed by atoms with Gasteiger partial charge in [-0.25, -0.2) is 0 Å². The molecule has 0 saturated heterocycles. The maximum atomic E-state index is 8.52. The molecular weight excluding hydrogens is 196 g/mol. The molecule has 0 amide bonds. The fourth-order valence-corrected chi connectivity index (χ4v) is 2.17. The summed E-state index contributed by atoms with van der Waals surface area (Å²) in [5.41, 5.74) is 15.5. The molecular formula is C14H30N2. The molecule has 0 rings (SSSR count). The minimum absolute atomic E-state index is 0.159. The SMILES string of the molecule is CCCCC([NH])(CCCC)CCCCC[NH]. The molecule has 0 fully saturated rings. The molecule has 0 aliphatic heterocycles. The van der Waals surface area contributed by atoms with E-state index in [4.69, 9.17) is 11.5 Å². The molecule has 0 unspecified atom stereocenters. The van der Waals surface area contributed by atoms with Crippen molar-refractivity contribution >= 4 is 0 Å². The third-order valence-electron chi connectivity index (χ3n) is 3.35. The predicted molar refractivity (Wildman–Crippen MR) is 71.3 cm³/mol. The Labute approximate surface area is 102 Å². The van der Waals surface area contributed by atoms with Crippen molar-refractivity contribution in [3.05, 3.63) is 0 Å². The van der Waals surface area contributed by atoms with Crippen molar-refractivity contribution < 1.29 is 0 Å². The number of hydrogen-bond acceptors (Lipinski definition) is 0. The van der Waals surface area contributed by atoms with Gasteiger partial charge in [0.2, 0.25) is 0 Å². The normalized spacial score (nSPS) is 12.0. The summed E-state index contributed by atoms with van der Waals surface area (Å²) in [6.45, 7) is 4.97. The van der Waals surface area contributed by atoms with Crippen molar-refractivity contribution in [3.8, 4) is 0 Å². The third kappa shape index (κ3) is 8.12. The molecule has 0 spiro atoms. The summed E-state index contributed by atoms with van der Waals surface area (Å²) in [5, 5.41) is 0. The van der Waals surface area contributed by atoms with Crippen molar-refractivity contribution in [3.63, 3.8) is 0 Å². The minimum atomic E-state index is -0.159. The number of hydrogen-bond donors (Lipinski definition) is 0. The van der Waals surface area contributed by atoms with Crippen LogP contribution in [0.25, 0.3) is 0 Å². The largest absolute Gasteiger partial charge is 0.258 e. The van der Waals surface area contributed by atoms with Gasteiger partial charge in [-0.15, -0.1) is 0 Å². The van der Waals surface area contributed by atoms with E-state index >= 15 is 0 Å². The Morgan fingerprint density at radius 2 is 1.25 bits per heavy atom. The van der Waals surface area contributed by atoms with Crippen LogP contribution in [0.3, 0.4) is 0 Å². The lowest BCUT2D eigenvalue weighted by molar-refractivity contribution is 0.299. The fraction of sp³-hybridized carbons (Fsp3) is 1.00. The van der Waals surface area contributed by atoms with Gasteiger partial charge in [0, 0.05) is 12.1 Å². The molecule has 2 N–H and O–H groups in total. The maximum absolute atomic E-state index is 8.52. The first-order valence-electron chi connectivity index (χ1n) is 7.08. The zero-order valence-electron chi connectivity index (χ0n) is 11.3. The molecule has 96 valence electrons. The van der Waals surface area contributed by atoms with E-state index in [1.807, 2.05) is 0 Å². The van der Waals surface area contributed by atoms with Crippen molar-refractivity contribution in [2.75, 3.05) is 6.54 Å². The first-order valence-corrected chi connectivity index (χ1v) is 7.08. The van der Waals surface area contributed by atoms with E-state index in [0.29, 0.717) is 6.54 Å². The highest BCUT2D eigenvalue weighted by Gasteiger charge is 2.23. The summed E-state index contributed by atoms with van der Waals surface area (Å²) in [7, 11) is 0. The standard InChI is InChI=1S/C14H30N2/c1-3-5-10-14(16,11-6-4-2)12-8-7-9-13-15/h15-16H,3-13H2,1-2H3. The average Bonchev–Trinajstić information content (AvgIpc) is 2.30. The monoisotopic (exact) mass is 226 g/mol. The Hall–Kier alpha value is -0.0800. The molecule has 0 aromatic heterocycles. The van der Waals surface area contributed by atoms with Crippen LogP contribution in [-0.2, 0) is 0 Å². The van der Waals surface area contributed by atoms with Gasteiger partial charge in [0.1, 0.15) is 0 Å². The quantitative estimate of drug-likeness (QED) is 0.473. The minimum Gasteiger partial charge on any atom is -0.258 e. The molecule has 0 aliphatic rings. The molecule has 2 heteroatoms. The van der Waals surface area contributed by atoms with E-state index in [0.717, 1.165) is 38.5 Å². The van der Waals surface area contributed by atoms with Gasteiger partial charge < -0.3 is 0 Å². The van der Waals surface area contributed by atoms with E-state index in [2.05, 4.69) is 13.8 Å². The van der Waals surface area contributed by atoms with Crippen molar-refractivity contribution in [2.24, 2.45) is 0 Å². The second-order valence-corrected chi connectivity index (χ2v) is 5.05. The van der Waals surface area contributed by atoms with Gasteiger partial charge in [-0.1, -0.05) is 52.4 Å². The van der Waals surface area contributed by atoms with Crippen LogP contribution in [0, 0.1) is 0 Å². The second-order valence-electron chi connectivity index (χ2n) is 5.05. The van der Waals surface area contributed by atoms with Crippen molar-refractivity contribution in [1.29, 1.82) is 0 Å². The molecule has 16 heavy (non-hydrogen) atoms. The van der Waals surface area contributed by atoms with Crippen LogP contribution in [0.15, 0.2) is 0 Å². The van der Waals surface area contributed by atoms with E-state index in [-0.39, 0.29) is 5.54 Å². The molecule has 0 saturated carbocycles. The van der Waals surface area contributed by atoms with Gasteiger partial charge in [-0.05, 0) is 25.7 Å². The predicted octanol–water partition coefficient (Wildman–Crippen LogP) is 4.23. The van der Waals surface area contributed by atoms with Gasteiger partial charge in [-0.3, -0.25) is 11.5 Å².